The molecule has 1 atom stereocenters. The minimum Gasteiger partial charge on any atom is -0.467 e. The van der Waals surface area contributed by atoms with Crippen LogP contribution in [-0.2, 0) is 0 Å². The lowest BCUT2D eigenvalue weighted by atomic mass is 10.1. The molecule has 2 heterocycles. The molecule has 3 N–H and O–H groups in total. The molecule has 4 aromatic rings. The Bertz CT molecular complexity index is 932. The van der Waals surface area contributed by atoms with Gasteiger partial charge in [0.05, 0.1) is 18.6 Å². The molecule has 0 saturated heterocycles. The van der Waals surface area contributed by atoms with Crippen LogP contribution >= 0.6 is 0 Å². The summed E-state index contributed by atoms with van der Waals surface area (Å²) < 4.78 is 10.4. The highest BCUT2D eigenvalue weighted by Crippen LogP contribution is 2.18. The van der Waals surface area contributed by atoms with Gasteiger partial charge in [-0.15, -0.1) is 0 Å². The highest BCUT2D eigenvalue weighted by Gasteiger charge is 2.10. The van der Waals surface area contributed by atoms with Crippen molar-refractivity contribution in [3.8, 4) is 0 Å². The first kappa shape index (κ1) is 18.2. The van der Waals surface area contributed by atoms with Crippen LogP contribution in [0.2, 0.25) is 0 Å². The van der Waals surface area contributed by atoms with Crippen molar-refractivity contribution in [3.63, 3.8) is 0 Å². The molecular weight excluding hydrogens is 340 g/mol. The zero-order valence-electron chi connectivity index (χ0n) is 14.6. The largest absolute Gasteiger partial charge is 0.467 e. The molecule has 2 aromatic heterocycles. The quantitative estimate of drug-likeness (QED) is 0.310. The molecule has 0 aliphatic carbocycles. The fourth-order valence-corrected chi connectivity index (χ4v) is 2.55. The summed E-state index contributed by atoms with van der Waals surface area (Å²) in [6, 6.07) is 26.4. The van der Waals surface area contributed by atoms with Crippen LogP contribution in [0.15, 0.2) is 111 Å². The molecule has 27 heavy (non-hydrogen) atoms. The standard InChI is InChI=1S/C11H9NO2.C11H11NO/c13-12-11(10-7-4-8-14-10)9-5-2-1-3-6-9;12-11(10-7-4-8-13-10)9-5-2-1-3-6-9/h1-8,13H;1-8,11H,12H2/b12-11+;. The second-order valence-electron chi connectivity index (χ2n) is 5.70. The maximum Gasteiger partial charge on any atom is 0.156 e. The van der Waals surface area contributed by atoms with Gasteiger partial charge in [0.1, 0.15) is 5.76 Å². The number of nitrogens with two attached hydrogens (primary N) is 1. The molecule has 0 spiro atoms. The van der Waals surface area contributed by atoms with Crippen molar-refractivity contribution in [2.45, 2.75) is 6.04 Å². The second-order valence-corrected chi connectivity index (χ2v) is 5.70. The molecular formula is C22H20N2O3. The molecule has 5 heteroatoms. The summed E-state index contributed by atoms with van der Waals surface area (Å²) in [5, 5.41) is 12.1. The molecule has 0 amide bonds. The van der Waals surface area contributed by atoms with E-state index in [1.54, 1.807) is 24.7 Å². The summed E-state index contributed by atoms with van der Waals surface area (Å²) >= 11 is 0. The molecule has 5 nitrogen and oxygen atoms in total. The van der Waals surface area contributed by atoms with Gasteiger partial charge in [-0.2, -0.15) is 0 Å². The number of hydrogen-bond acceptors (Lipinski definition) is 5. The van der Waals surface area contributed by atoms with Gasteiger partial charge in [0.15, 0.2) is 11.5 Å². The predicted octanol–water partition coefficient (Wildman–Crippen LogP) is 4.83. The average Bonchev–Trinajstić information content (AvgIpc) is 3.45. The molecule has 0 aliphatic heterocycles. The molecule has 1 unspecified atom stereocenters. The lowest BCUT2D eigenvalue weighted by Crippen LogP contribution is -2.10. The predicted molar refractivity (Wildman–Crippen MR) is 104 cm³/mol. The summed E-state index contributed by atoms with van der Waals surface area (Å²) in [7, 11) is 0. The molecule has 4 rings (SSSR count). The Morgan fingerprint density at radius 2 is 1.41 bits per heavy atom. The van der Waals surface area contributed by atoms with E-state index in [1.165, 1.54) is 0 Å². The van der Waals surface area contributed by atoms with E-state index in [-0.39, 0.29) is 6.04 Å². The first-order valence-electron chi connectivity index (χ1n) is 8.45. The van der Waals surface area contributed by atoms with Crippen molar-refractivity contribution in [1.82, 2.24) is 0 Å². The number of benzene rings is 2. The Morgan fingerprint density at radius 1 is 0.778 bits per heavy atom. The Labute approximate surface area is 157 Å². The minimum absolute atomic E-state index is 0.156. The summed E-state index contributed by atoms with van der Waals surface area (Å²) in [5.41, 5.74) is 8.30. The molecule has 0 radical (unpaired) electrons. The van der Waals surface area contributed by atoms with E-state index >= 15 is 0 Å². The number of oxime groups is 1. The Balaban J connectivity index is 0.000000156. The zero-order chi connectivity index (χ0) is 18.9. The zero-order valence-corrected chi connectivity index (χ0v) is 14.6. The van der Waals surface area contributed by atoms with Gasteiger partial charge in [0, 0.05) is 5.56 Å². The number of hydrogen-bond donors (Lipinski definition) is 2. The summed E-state index contributed by atoms with van der Waals surface area (Å²) in [5.74, 6) is 1.35. The van der Waals surface area contributed by atoms with Crippen LogP contribution < -0.4 is 5.73 Å². The number of rotatable bonds is 4. The van der Waals surface area contributed by atoms with Crippen molar-refractivity contribution in [3.05, 3.63) is 120 Å². The van der Waals surface area contributed by atoms with Gasteiger partial charge in [-0.1, -0.05) is 65.8 Å². The van der Waals surface area contributed by atoms with Gasteiger partial charge < -0.3 is 19.8 Å². The van der Waals surface area contributed by atoms with E-state index < -0.39 is 0 Å². The van der Waals surface area contributed by atoms with Crippen LogP contribution in [0.5, 0.6) is 0 Å². The molecule has 0 fully saturated rings. The van der Waals surface area contributed by atoms with E-state index in [1.807, 2.05) is 72.8 Å². The van der Waals surface area contributed by atoms with Gasteiger partial charge in [-0.25, -0.2) is 0 Å². The summed E-state index contributed by atoms with van der Waals surface area (Å²) in [6.45, 7) is 0. The lowest BCUT2D eigenvalue weighted by molar-refractivity contribution is 0.318. The lowest BCUT2D eigenvalue weighted by Gasteiger charge is -2.07. The van der Waals surface area contributed by atoms with Crippen molar-refractivity contribution < 1.29 is 14.0 Å². The minimum atomic E-state index is -0.156. The summed E-state index contributed by atoms with van der Waals surface area (Å²) in [4.78, 5) is 0. The second kappa shape index (κ2) is 9.22. The monoisotopic (exact) mass is 360 g/mol. The van der Waals surface area contributed by atoms with Gasteiger partial charge in [-0.05, 0) is 29.8 Å². The fraction of sp³-hybridized carbons (Fsp3) is 0.0455. The topological polar surface area (TPSA) is 84.9 Å². The number of nitrogens with zero attached hydrogens (tertiary/aromatic N) is 1. The third kappa shape index (κ3) is 4.74. The highest BCUT2D eigenvalue weighted by molar-refractivity contribution is 6.10. The average molecular weight is 360 g/mol. The maximum absolute atomic E-state index is 8.88. The first-order chi connectivity index (χ1) is 13.3. The first-order valence-corrected chi connectivity index (χ1v) is 8.45. The Hall–Kier alpha value is -3.57. The van der Waals surface area contributed by atoms with Gasteiger partial charge in [0.25, 0.3) is 0 Å². The Kier molecular flexibility index (Phi) is 6.22. The molecule has 0 aliphatic rings. The van der Waals surface area contributed by atoms with Gasteiger partial charge >= 0.3 is 0 Å². The SMILES string of the molecule is NC(c1ccccc1)c1ccco1.O/N=C(\c1ccccc1)c1ccco1. The molecule has 0 bridgehead atoms. The third-order valence-corrected chi connectivity index (χ3v) is 3.91. The van der Waals surface area contributed by atoms with Crippen molar-refractivity contribution >= 4 is 5.71 Å². The van der Waals surface area contributed by atoms with Crippen molar-refractivity contribution in [1.29, 1.82) is 0 Å². The van der Waals surface area contributed by atoms with Crippen LogP contribution in [0.25, 0.3) is 0 Å². The fourth-order valence-electron chi connectivity index (χ4n) is 2.55. The van der Waals surface area contributed by atoms with Gasteiger partial charge in [-0.3, -0.25) is 0 Å². The molecule has 0 saturated carbocycles. The van der Waals surface area contributed by atoms with Crippen LogP contribution in [0.3, 0.4) is 0 Å². The van der Waals surface area contributed by atoms with E-state index in [0.717, 1.165) is 16.9 Å². The molecule has 2 aromatic carbocycles. The van der Waals surface area contributed by atoms with Gasteiger partial charge in [0.2, 0.25) is 0 Å². The van der Waals surface area contributed by atoms with E-state index in [4.69, 9.17) is 19.8 Å². The number of furan rings is 2. The van der Waals surface area contributed by atoms with Crippen LogP contribution in [0, 0.1) is 0 Å². The maximum atomic E-state index is 8.88. The highest BCUT2D eigenvalue weighted by atomic mass is 16.4. The van der Waals surface area contributed by atoms with Crippen LogP contribution in [-0.4, -0.2) is 10.9 Å². The Morgan fingerprint density at radius 3 is 1.96 bits per heavy atom. The molecule has 136 valence electrons. The van der Waals surface area contributed by atoms with E-state index in [9.17, 15) is 0 Å². The smallest absolute Gasteiger partial charge is 0.156 e. The van der Waals surface area contributed by atoms with E-state index in [0.29, 0.717) is 11.5 Å². The van der Waals surface area contributed by atoms with Crippen LogP contribution in [0.1, 0.15) is 28.7 Å². The summed E-state index contributed by atoms with van der Waals surface area (Å²) in [6.07, 6.45) is 3.18. The normalized spacial score (nSPS) is 12.1. The van der Waals surface area contributed by atoms with Crippen LogP contribution in [0.4, 0.5) is 0 Å². The van der Waals surface area contributed by atoms with E-state index in [2.05, 4.69) is 5.16 Å². The van der Waals surface area contributed by atoms with Crippen molar-refractivity contribution in [2.24, 2.45) is 10.9 Å². The van der Waals surface area contributed by atoms with Crippen molar-refractivity contribution in [2.75, 3.05) is 0 Å². The third-order valence-electron chi connectivity index (χ3n) is 3.91.